The Bertz CT molecular complexity index is 1010. The van der Waals surface area contributed by atoms with Gasteiger partial charge in [-0.1, -0.05) is 67.1 Å². The Kier molecular flexibility index (Phi) is 5.54. The summed E-state index contributed by atoms with van der Waals surface area (Å²) >= 11 is 6.46. The number of halogens is 1. The Morgan fingerprint density at radius 1 is 1.12 bits per heavy atom. The molecule has 0 aliphatic heterocycles. The average molecular weight is 367 g/mol. The number of aromatic nitrogens is 2. The van der Waals surface area contributed by atoms with Crippen LogP contribution in [0, 0.1) is 0 Å². The highest BCUT2D eigenvalue weighted by Gasteiger charge is 2.10. The Labute approximate surface area is 157 Å². The summed E-state index contributed by atoms with van der Waals surface area (Å²) in [6.45, 7) is 2.14. The van der Waals surface area contributed by atoms with Gasteiger partial charge < -0.3 is 4.74 Å². The fourth-order valence-corrected chi connectivity index (χ4v) is 3.03. The van der Waals surface area contributed by atoms with E-state index in [-0.39, 0.29) is 5.56 Å². The second-order valence-electron chi connectivity index (χ2n) is 5.78. The highest BCUT2D eigenvalue weighted by Crippen LogP contribution is 2.30. The van der Waals surface area contributed by atoms with Gasteiger partial charge in [0.05, 0.1) is 12.7 Å². The van der Waals surface area contributed by atoms with E-state index in [0.29, 0.717) is 16.5 Å². The first-order chi connectivity index (χ1) is 12.6. The zero-order valence-electron chi connectivity index (χ0n) is 14.6. The number of H-pyrrole nitrogens is 1. The number of ether oxygens (including phenoxy) is 1. The molecule has 0 saturated heterocycles. The summed E-state index contributed by atoms with van der Waals surface area (Å²) in [7, 11) is 1.51. The van der Waals surface area contributed by atoms with Crippen LogP contribution in [0.3, 0.4) is 0 Å². The number of benzene rings is 2. The van der Waals surface area contributed by atoms with Crippen LogP contribution in [0.15, 0.2) is 53.3 Å². The molecular weight excluding hydrogens is 348 g/mol. The Morgan fingerprint density at radius 2 is 1.88 bits per heavy atom. The van der Waals surface area contributed by atoms with E-state index in [1.807, 2.05) is 36.4 Å². The topological polar surface area (TPSA) is 55.0 Å². The van der Waals surface area contributed by atoms with Gasteiger partial charge in [0.1, 0.15) is 0 Å². The molecule has 0 aliphatic carbocycles. The SMILES string of the molecule is CCc1ccccc1C=Cc1ccc(-c2cc(=O)[nH]nc2OC)cc1Cl. The lowest BCUT2D eigenvalue weighted by Gasteiger charge is -2.08. The van der Waals surface area contributed by atoms with Crippen LogP contribution in [0.5, 0.6) is 5.88 Å². The van der Waals surface area contributed by atoms with Crippen LogP contribution in [0.1, 0.15) is 23.6 Å². The van der Waals surface area contributed by atoms with E-state index >= 15 is 0 Å². The lowest BCUT2D eigenvalue weighted by Crippen LogP contribution is -2.08. The summed E-state index contributed by atoms with van der Waals surface area (Å²) < 4.78 is 5.22. The lowest BCUT2D eigenvalue weighted by atomic mass is 10.0. The van der Waals surface area contributed by atoms with Gasteiger partial charge in [-0.05, 0) is 34.7 Å². The third-order valence-electron chi connectivity index (χ3n) is 4.16. The van der Waals surface area contributed by atoms with E-state index in [1.165, 1.54) is 24.3 Å². The lowest BCUT2D eigenvalue weighted by molar-refractivity contribution is 0.393. The van der Waals surface area contributed by atoms with Gasteiger partial charge in [0.25, 0.3) is 5.56 Å². The number of nitrogens with zero attached hydrogens (tertiary/aromatic N) is 1. The van der Waals surface area contributed by atoms with Gasteiger partial charge in [-0.15, -0.1) is 5.10 Å². The van der Waals surface area contributed by atoms with Crippen molar-refractivity contribution in [1.82, 2.24) is 10.2 Å². The van der Waals surface area contributed by atoms with Gasteiger partial charge in [0.2, 0.25) is 5.88 Å². The third kappa shape index (κ3) is 3.86. The van der Waals surface area contributed by atoms with E-state index in [4.69, 9.17) is 16.3 Å². The van der Waals surface area contributed by atoms with Crippen molar-refractivity contribution in [2.75, 3.05) is 7.11 Å². The summed E-state index contributed by atoms with van der Waals surface area (Å²) in [5, 5.41) is 6.86. The number of hydrogen-bond donors (Lipinski definition) is 1. The molecule has 0 unspecified atom stereocenters. The van der Waals surface area contributed by atoms with Crippen LogP contribution in [0.4, 0.5) is 0 Å². The molecule has 0 radical (unpaired) electrons. The van der Waals surface area contributed by atoms with Crippen molar-refractivity contribution in [2.24, 2.45) is 0 Å². The van der Waals surface area contributed by atoms with Crippen molar-refractivity contribution in [3.8, 4) is 17.0 Å². The average Bonchev–Trinajstić information content (AvgIpc) is 2.67. The van der Waals surface area contributed by atoms with Crippen LogP contribution in [-0.4, -0.2) is 17.3 Å². The molecule has 1 heterocycles. The molecule has 1 N–H and O–H groups in total. The van der Waals surface area contributed by atoms with Crippen molar-refractivity contribution < 1.29 is 4.74 Å². The third-order valence-corrected chi connectivity index (χ3v) is 4.48. The maximum atomic E-state index is 11.6. The molecule has 0 amide bonds. The van der Waals surface area contributed by atoms with Crippen LogP contribution >= 0.6 is 11.6 Å². The van der Waals surface area contributed by atoms with Gasteiger partial charge in [0.15, 0.2) is 0 Å². The van der Waals surface area contributed by atoms with Gasteiger partial charge >= 0.3 is 0 Å². The van der Waals surface area contributed by atoms with Gasteiger partial charge in [-0.25, -0.2) is 5.10 Å². The second-order valence-corrected chi connectivity index (χ2v) is 6.18. The quantitative estimate of drug-likeness (QED) is 0.658. The summed E-state index contributed by atoms with van der Waals surface area (Å²) in [5.41, 5.74) is 4.45. The zero-order valence-corrected chi connectivity index (χ0v) is 15.4. The van der Waals surface area contributed by atoms with Gasteiger partial charge in [-0.3, -0.25) is 4.79 Å². The van der Waals surface area contributed by atoms with Crippen LogP contribution in [0.2, 0.25) is 5.02 Å². The number of aryl methyl sites for hydroxylation is 1. The van der Waals surface area contributed by atoms with E-state index in [1.54, 1.807) is 0 Å². The molecule has 26 heavy (non-hydrogen) atoms. The van der Waals surface area contributed by atoms with Crippen LogP contribution in [0.25, 0.3) is 23.3 Å². The number of hydrogen-bond acceptors (Lipinski definition) is 3. The fraction of sp³-hybridized carbons (Fsp3) is 0.143. The summed E-state index contributed by atoms with van der Waals surface area (Å²) in [6.07, 6.45) is 5.03. The number of nitrogens with one attached hydrogen (secondary N) is 1. The number of rotatable bonds is 5. The zero-order chi connectivity index (χ0) is 18.5. The Balaban J connectivity index is 1.95. The van der Waals surface area contributed by atoms with Crippen molar-refractivity contribution >= 4 is 23.8 Å². The van der Waals surface area contributed by atoms with Gasteiger partial charge in [0, 0.05) is 11.1 Å². The van der Waals surface area contributed by atoms with Crippen molar-refractivity contribution in [2.45, 2.75) is 13.3 Å². The Morgan fingerprint density at radius 3 is 2.62 bits per heavy atom. The molecule has 5 heteroatoms. The smallest absolute Gasteiger partial charge is 0.265 e. The molecule has 4 nitrogen and oxygen atoms in total. The first-order valence-electron chi connectivity index (χ1n) is 8.32. The molecule has 2 aromatic carbocycles. The van der Waals surface area contributed by atoms with Crippen molar-refractivity contribution in [3.63, 3.8) is 0 Å². The monoisotopic (exact) mass is 366 g/mol. The van der Waals surface area contributed by atoms with E-state index in [2.05, 4.69) is 35.3 Å². The minimum atomic E-state index is -0.294. The van der Waals surface area contributed by atoms with Crippen molar-refractivity contribution in [1.29, 1.82) is 0 Å². The molecule has 0 fully saturated rings. The standard InChI is InChI=1S/C21H19ClN2O2/c1-3-14-6-4-5-7-15(14)8-9-16-10-11-17(12-19(16)22)18-13-20(25)23-24-21(18)26-2/h4-13H,3H2,1-2H3,(H,23,25). The Hall–Kier alpha value is -2.85. The summed E-state index contributed by atoms with van der Waals surface area (Å²) in [6, 6.07) is 15.4. The second kappa shape index (κ2) is 8.02. The normalized spacial score (nSPS) is 11.0. The highest BCUT2D eigenvalue weighted by atomic mass is 35.5. The molecule has 0 spiro atoms. The molecule has 3 rings (SSSR count). The highest BCUT2D eigenvalue weighted by molar-refractivity contribution is 6.32. The van der Waals surface area contributed by atoms with Crippen LogP contribution in [-0.2, 0) is 6.42 Å². The fourth-order valence-electron chi connectivity index (χ4n) is 2.78. The number of methoxy groups -OCH3 is 1. The maximum absolute atomic E-state index is 11.6. The molecule has 3 aromatic rings. The van der Waals surface area contributed by atoms with E-state index < -0.39 is 0 Å². The first-order valence-corrected chi connectivity index (χ1v) is 8.69. The predicted octanol–water partition coefficient (Wildman–Crippen LogP) is 4.83. The number of aromatic amines is 1. The van der Waals surface area contributed by atoms with Gasteiger partial charge in [-0.2, -0.15) is 0 Å². The largest absolute Gasteiger partial charge is 0.480 e. The predicted molar refractivity (Wildman–Crippen MR) is 107 cm³/mol. The summed E-state index contributed by atoms with van der Waals surface area (Å²) in [5.74, 6) is 0.348. The molecule has 0 aliphatic rings. The minimum absolute atomic E-state index is 0.294. The minimum Gasteiger partial charge on any atom is -0.480 e. The molecule has 0 bridgehead atoms. The van der Waals surface area contributed by atoms with E-state index in [0.717, 1.165) is 17.5 Å². The molecule has 132 valence electrons. The molecule has 0 atom stereocenters. The molecule has 1 aromatic heterocycles. The van der Waals surface area contributed by atoms with Crippen molar-refractivity contribution in [3.05, 3.63) is 80.6 Å². The summed E-state index contributed by atoms with van der Waals surface area (Å²) in [4.78, 5) is 11.6. The molecular formula is C21H19ClN2O2. The first kappa shape index (κ1) is 18.0. The van der Waals surface area contributed by atoms with Crippen LogP contribution < -0.4 is 10.3 Å². The van der Waals surface area contributed by atoms with E-state index in [9.17, 15) is 4.79 Å². The molecule has 0 saturated carbocycles. The maximum Gasteiger partial charge on any atom is 0.265 e.